The molecule has 1 aliphatic heterocycles. The third kappa shape index (κ3) is 3.08. The molecule has 6 heteroatoms. The molecule has 1 unspecified atom stereocenters. The molecular formula is C13H17N5S. The zero-order valence-electron chi connectivity index (χ0n) is 10.9. The minimum Gasteiger partial charge on any atom is -0.350 e. The lowest BCUT2D eigenvalue weighted by Crippen LogP contribution is -2.26. The Labute approximate surface area is 116 Å². The monoisotopic (exact) mass is 275 g/mol. The van der Waals surface area contributed by atoms with E-state index in [1.165, 1.54) is 4.88 Å². The van der Waals surface area contributed by atoms with Gasteiger partial charge in [-0.05, 0) is 19.4 Å². The van der Waals surface area contributed by atoms with E-state index in [2.05, 4.69) is 32.1 Å². The molecule has 1 fully saturated rings. The van der Waals surface area contributed by atoms with Crippen LogP contribution in [0.1, 0.15) is 17.0 Å². The van der Waals surface area contributed by atoms with Crippen molar-refractivity contribution < 1.29 is 0 Å². The number of hydrogen-bond donors (Lipinski definition) is 1. The average molecular weight is 275 g/mol. The van der Waals surface area contributed by atoms with Crippen molar-refractivity contribution in [3.8, 4) is 0 Å². The van der Waals surface area contributed by atoms with E-state index in [9.17, 15) is 0 Å². The van der Waals surface area contributed by atoms with E-state index in [1.54, 1.807) is 23.7 Å². The van der Waals surface area contributed by atoms with E-state index < -0.39 is 0 Å². The van der Waals surface area contributed by atoms with Crippen LogP contribution in [0.3, 0.4) is 0 Å². The number of rotatable bonds is 4. The maximum Gasteiger partial charge on any atom is 0.222 e. The predicted octanol–water partition coefficient (Wildman–Crippen LogP) is 1.93. The lowest BCUT2D eigenvalue weighted by Gasteiger charge is -2.16. The second-order valence-corrected chi connectivity index (χ2v) is 5.74. The predicted molar refractivity (Wildman–Crippen MR) is 76.2 cm³/mol. The Morgan fingerprint density at radius 3 is 2.95 bits per heavy atom. The van der Waals surface area contributed by atoms with Gasteiger partial charge < -0.3 is 5.32 Å². The molecule has 2 aromatic rings. The van der Waals surface area contributed by atoms with Crippen LogP contribution in [0.4, 0.5) is 5.95 Å². The molecule has 0 bridgehead atoms. The lowest BCUT2D eigenvalue weighted by molar-refractivity contribution is 0.330. The van der Waals surface area contributed by atoms with Gasteiger partial charge >= 0.3 is 0 Å². The van der Waals surface area contributed by atoms with Gasteiger partial charge in [0.15, 0.2) is 0 Å². The maximum absolute atomic E-state index is 4.30. The highest BCUT2D eigenvalue weighted by Gasteiger charge is 2.23. The molecule has 0 spiro atoms. The molecular weight excluding hydrogens is 258 g/mol. The van der Waals surface area contributed by atoms with Gasteiger partial charge in [0, 0.05) is 42.9 Å². The maximum atomic E-state index is 4.30. The minimum atomic E-state index is 0.440. The molecule has 0 aliphatic carbocycles. The second-order valence-electron chi connectivity index (χ2n) is 4.80. The van der Waals surface area contributed by atoms with E-state index in [0.29, 0.717) is 6.04 Å². The third-order valence-corrected chi connectivity index (χ3v) is 4.30. The highest BCUT2D eigenvalue weighted by Crippen LogP contribution is 2.19. The molecule has 0 aromatic carbocycles. The second kappa shape index (κ2) is 5.63. The SMILES string of the molecule is Cc1ncsc1CN1CCC(Nc2ncccn2)C1. The van der Waals surface area contributed by atoms with Crippen molar-refractivity contribution >= 4 is 17.3 Å². The van der Waals surface area contributed by atoms with Crippen LogP contribution in [-0.4, -0.2) is 39.0 Å². The Balaban J connectivity index is 1.54. The molecule has 3 heterocycles. The van der Waals surface area contributed by atoms with E-state index in [-0.39, 0.29) is 0 Å². The van der Waals surface area contributed by atoms with Gasteiger partial charge in [-0.25, -0.2) is 15.0 Å². The van der Waals surface area contributed by atoms with Crippen LogP contribution in [-0.2, 0) is 6.54 Å². The number of anilines is 1. The molecule has 1 saturated heterocycles. The third-order valence-electron chi connectivity index (χ3n) is 3.38. The summed E-state index contributed by atoms with van der Waals surface area (Å²) in [6.07, 6.45) is 4.67. The fraction of sp³-hybridized carbons (Fsp3) is 0.462. The first-order valence-electron chi connectivity index (χ1n) is 6.46. The van der Waals surface area contributed by atoms with Gasteiger partial charge in [0.1, 0.15) is 0 Å². The van der Waals surface area contributed by atoms with Crippen LogP contribution in [0.25, 0.3) is 0 Å². The zero-order chi connectivity index (χ0) is 13.1. The number of likely N-dealkylation sites (tertiary alicyclic amines) is 1. The van der Waals surface area contributed by atoms with Crippen LogP contribution in [0.15, 0.2) is 24.0 Å². The van der Waals surface area contributed by atoms with E-state index in [1.807, 2.05) is 11.6 Å². The standard InChI is InChI=1S/C13H17N5S/c1-10-12(19-9-16-10)8-18-6-3-11(7-18)17-13-14-4-2-5-15-13/h2,4-5,9,11H,3,6-8H2,1H3,(H,14,15,17). The van der Waals surface area contributed by atoms with Crippen molar-refractivity contribution in [1.82, 2.24) is 19.9 Å². The molecule has 19 heavy (non-hydrogen) atoms. The summed E-state index contributed by atoms with van der Waals surface area (Å²) in [4.78, 5) is 16.5. The highest BCUT2D eigenvalue weighted by molar-refractivity contribution is 7.09. The van der Waals surface area contributed by atoms with Gasteiger partial charge in [-0.1, -0.05) is 0 Å². The van der Waals surface area contributed by atoms with Crippen LogP contribution in [0.2, 0.25) is 0 Å². The Morgan fingerprint density at radius 2 is 2.21 bits per heavy atom. The Morgan fingerprint density at radius 1 is 1.37 bits per heavy atom. The van der Waals surface area contributed by atoms with Crippen LogP contribution in [0, 0.1) is 6.92 Å². The molecule has 0 radical (unpaired) electrons. The quantitative estimate of drug-likeness (QED) is 0.924. The van der Waals surface area contributed by atoms with Crippen LogP contribution < -0.4 is 5.32 Å². The molecule has 3 rings (SSSR count). The van der Waals surface area contributed by atoms with Crippen molar-refractivity contribution in [2.45, 2.75) is 25.9 Å². The van der Waals surface area contributed by atoms with E-state index in [4.69, 9.17) is 0 Å². The fourth-order valence-electron chi connectivity index (χ4n) is 2.33. The van der Waals surface area contributed by atoms with E-state index >= 15 is 0 Å². The van der Waals surface area contributed by atoms with Gasteiger partial charge in [0.05, 0.1) is 11.2 Å². The Hall–Kier alpha value is -1.53. The van der Waals surface area contributed by atoms with Gasteiger partial charge in [-0.2, -0.15) is 0 Å². The van der Waals surface area contributed by atoms with Gasteiger partial charge in [-0.15, -0.1) is 11.3 Å². The first-order valence-corrected chi connectivity index (χ1v) is 7.34. The van der Waals surface area contributed by atoms with Crippen molar-refractivity contribution in [3.05, 3.63) is 34.5 Å². The number of nitrogens with one attached hydrogen (secondary N) is 1. The van der Waals surface area contributed by atoms with Gasteiger partial charge in [0.25, 0.3) is 0 Å². The minimum absolute atomic E-state index is 0.440. The van der Waals surface area contributed by atoms with Crippen molar-refractivity contribution in [2.24, 2.45) is 0 Å². The summed E-state index contributed by atoms with van der Waals surface area (Å²) >= 11 is 1.74. The number of thiazole rings is 1. The molecule has 0 saturated carbocycles. The van der Waals surface area contributed by atoms with Gasteiger partial charge in [0.2, 0.25) is 5.95 Å². The average Bonchev–Trinajstić information content (AvgIpc) is 3.02. The topological polar surface area (TPSA) is 53.9 Å². The highest BCUT2D eigenvalue weighted by atomic mass is 32.1. The molecule has 5 nitrogen and oxygen atoms in total. The van der Waals surface area contributed by atoms with Crippen molar-refractivity contribution in [2.75, 3.05) is 18.4 Å². The number of nitrogens with zero attached hydrogens (tertiary/aromatic N) is 4. The lowest BCUT2D eigenvalue weighted by atomic mass is 10.3. The van der Waals surface area contributed by atoms with Crippen LogP contribution >= 0.6 is 11.3 Å². The van der Waals surface area contributed by atoms with Crippen LogP contribution in [0.5, 0.6) is 0 Å². The van der Waals surface area contributed by atoms with E-state index in [0.717, 1.165) is 37.7 Å². The summed E-state index contributed by atoms with van der Waals surface area (Å²) in [6, 6.07) is 2.27. The normalized spacial score (nSPS) is 19.7. The molecule has 2 aromatic heterocycles. The molecule has 0 amide bonds. The molecule has 1 atom stereocenters. The summed E-state index contributed by atoms with van der Waals surface area (Å²) in [6.45, 7) is 5.23. The molecule has 1 aliphatic rings. The largest absolute Gasteiger partial charge is 0.350 e. The Bertz CT molecular complexity index is 527. The number of aromatic nitrogens is 3. The van der Waals surface area contributed by atoms with Gasteiger partial charge in [-0.3, -0.25) is 4.90 Å². The summed E-state index contributed by atoms with van der Waals surface area (Å²) in [5.41, 5.74) is 3.08. The first kappa shape index (κ1) is 12.5. The fourth-order valence-corrected chi connectivity index (χ4v) is 3.15. The number of aryl methyl sites for hydroxylation is 1. The number of hydrogen-bond acceptors (Lipinski definition) is 6. The Kier molecular flexibility index (Phi) is 3.70. The summed E-state index contributed by atoms with van der Waals surface area (Å²) in [7, 11) is 0. The summed E-state index contributed by atoms with van der Waals surface area (Å²) in [5, 5.41) is 3.39. The smallest absolute Gasteiger partial charge is 0.222 e. The van der Waals surface area contributed by atoms with Crippen molar-refractivity contribution in [3.63, 3.8) is 0 Å². The summed E-state index contributed by atoms with van der Waals surface area (Å²) < 4.78 is 0. The summed E-state index contributed by atoms with van der Waals surface area (Å²) in [5.74, 6) is 0.725. The first-order chi connectivity index (χ1) is 9.31. The van der Waals surface area contributed by atoms with Crippen molar-refractivity contribution in [1.29, 1.82) is 0 Å². The zero-order valence-corrected chi connectivity index (χ0v) is 11.7. The molecule has 1 N–H and O–H groups in total. The molecule has 100 valence electrons.